The lowest BCUT2D eigenvalue weighted by Crippen LogP contribution is -2.15. The smallest absolute Gasteiger partial charge is 0.143 e. The molecule has 1 aliphatic rings. The van der Waals surface area contributed by atoms with E-state index in [0.29, 0.717) is 0 Å². The maximum absolute atomic E-state index is 6.47. The van der Waals surface area contributed by atoms with E-state index in [1.165, 1.54) is 33.4 Å². The molecular formula is C51H37NO. The summed E-state index contributed by atoms with van der Waals surface area (Å²) in [6, 6.07) is 67.8. The lowest BCUT2D eigenvalue weighted by Gasteiger charge is -2.27. The molecule has 0 radical (unpaired) electrons. The van der Waals surface area contributed by atoms with Gasteiger partial charge in [0, 0.05) is 38.8 Å². The van der Waals surface area contributed by atoms with Crippen LogP contribution in [0.1, 0.15) is 25.0 Å². The Morgan fingerprint density at radius 1 is 0.377 bits per heavy atom. The van der Waals surface area contributed by atoms with Gasteiger partial charge in [-0.25, -0.2) is 0 Å². The molecule has 53 heavy (non-hydrogen) atoms. The van der Waals surface area contributed by atoms with Crippen molar-refractivity contribution in [3.05, 3.63) is 199 Å². The molecule has 0 amide bonds. The molecule has 0 aliphatic heterocycles. The number of rotatable bonds is 6. The van der Waals surface area contributed by atoms with E-state index in [4.69, 9.17) is 4.42 Å². The first kappa shape index (κ1) is 31.1. The van der Waals surface area contributed by atoms with E-state index in [-0.39, 0.29) is 5.41 Å². The van der Waals surface area contributed by atoms with Gasteiger partial charge in [-0.2, -0.15) is 0 Å². The van der Waals surface area contributed by atoms with Crippen molar-refractivity contribution < 1.29 is 4.42 Å². The molecule has 0 fully saturated rings. The van der Waals surface area contributed by atoms with Crippen LogP contribution < -0.4 is 4.90 Å². The lowest BCUT2D eigenvalue weighted by atomic mass is 9.82. The summed E-state index contributed by atoms with van der Waals surface area (Å²) < 4.78 is 6.47. The standard InChI is InChI=1S/C51H37NO/c1-51(2)47-19-11-9-17-42(47)45-33-41(29-30-48(45)51)52(39-25-21-35(22-26-39)34-13-5-3-6-14-34)40-27-23-36(24-28-40)38-31-44(37-15-7-4-8-16-37)50-46(32-38)43-18-10-12-20-49(43)53-50/h3-33H,1-2H3. The molecule has 0 saturated heterocycles. The topological polar surface area (TPSA) is 16.4 Å². The van der Waals surface area contributed by atoms with E-state index >= 15 is 0 Å². The Kier molecular flexibility index (Phi) is 7.19. The summed E-state index contributed by atoms with van der Waals surface area (Å²) >= 11 is 0. The van der Waals surface area contributed by atoms with Crippen LogP contribution >= 0.6 is 0 Å². The van der Waals surface area contributed by atoms with Crippen LogP contribution in [0.2, 0.25) is 0 Å². The van der Waals surface area contributed by atoms with Crippen molar-refractivity contribution in [3.63, 3.8) is 0 Å². The number of hydrogen-bond acceptors (Lipinski definition) is 2. The minimum absolute atomic E-state index is 0.0473. The van der Waals surface area contributed by atoms with Crippen LogP contribution in [0.3, 0.4) is 0 Å². The number of nitrogens with zero attached hydrogens (tertiary/aromatic N) is 1. The Bertz CT molecular complexity index is 2780. The Morgan fingerprint density at radius 2 is 0.925 bits per heavy atom. The van der Waals surface area contributed by atoms with Crippen molar-refractivity contribution in [2.75, 3.05) is 4.90 Å². The van der Waals surface area contributed by atoms with Crippen molar-refractivity contribution in [1.82, 2.24) is 0 Å². The molecule has 8 aromatic carbocycles. The Balaban J connectivity index is 1.10. The quantitative estimate of drug-likeness (QED) is 0.174. The molecule has 1 aliphatic carbocycles. The summed E-state index contributed by atoms with van der Waals surface area (Å²) in [7, 11) is 0. The number of anilines is 3. The van der Waals surface area contributed by atoms with E-state index in [9.17, 15) is 0 Å². The van der Waals surface area contributed by atoms with Crippen LogP contribution in [0, 0.1) is 0 Å². The molecule has 1 aromatic heterocycles. The van der Waals surface area contributed by atoms with Crippen molar-refractivity contribution >= 4 is 39.0 Å². The fourth-order valence-electron chi connectivity index (χ4n) is 8.36. The van der Waals surface area contributed by atoms with E-state index < -0.39 is 0 Å². The van der Waals surface area contributed by atoms with E-state index in [0.717, 1.165) is 61.3 Å². The molecule has 0 saturated carbocycles. The molecule has 0 bridgehead atoms. The molecule has 0 atom stereocenters. The predicted molar refractivity (Wildman–Crippen MR) is 222 cm³/mol. The fraction of sp³-hybridized carbons (Fsp3) is 0.0588. The number of para-hydroxylation sites is 1. The second-order valence-corrected chi connectivity index (χ2v) is 14.6. The second-order valence-electron chi connectivity index (χ2n) is 14.6. The highest BCUT2D eigenvalue weighted by Crippen LogP contribution is 2.51. The molecule has 0 unspecified atom stereocenters. The summed E-state index contributed by atoms with van der Waals surface area (Å²) in [6.07, 6.45) is 0. The fourth-order valence-corrected chi connectivity index (χ4v) is 8.36. The molecule has 10 rings (SSSR count). The van der Waals surface area contributed by atoms with Gasteiger partial charge in [0.25, 0.3) is 0 Å². The predicted octanol–water partition coefficient (Wildman–Crippen LogP) is 14.4. The van der Waals surface area contributed by atoms with E-state index in [2.05, 4.69) is 201 Å². The molecule has 2 nitrogen and oxygen atoms in total. The highest BCUT2D eigenvalue weighted by Gasteiger charge is 2.35. The first-order valence-electron chi connectivity index (χ1n) is 18.3. The zero-order valence-corrected chi connectivity index (χ0v) is 29.8. The third kappa shape index (κ3) is 5.18. The molecule has 0 N–H and O–H groups in total. The van der Waals surface area contributed by atoms with Gasteiger partial charge in [0.15, 0.2) is 0 Å². The van der Waals surface area contributed by atoms with E-state index in [1.807, 2.05) is 6.07 Å². The summed E-state index contributed by atoms with van der Waals surface area (Å²) in [5.41, 5.74) is 17.5. The molecule has 252 valence electrons. The zero-order valence-electron chi connectivity index (χ0n) is 29.8. The van der Waals surface area contributed by atoms with Crippen molar-refractivity contribution in [2.45, 2.75) is 19.3 Å². The van der Waals surface area contributed by atoms with Crippen LogP contribution in [-0.4, -0.2) is 0 Å². The van der Waals surface area contributed by atoms with Gasteiger partial charge < -0.3 is 9.32 Å². The summed E-state index contributed by atoms with van der Waals surface area (Å²) in [5.74, 6) is 0. The van der Waals surface area contributed by atoms with Crippen molar-refractivity contribution in [2.24, 2.45) is 0 Å². The number of fused-ring (bicyclic) bond motifs is 6. The lowest BCUT2D eigenvalue weighted by molar-refractivity contribution is 0.660. The Morgan fingerprint density at radius 3 is 1.64 bits per heavy atom. The van der Waals surface area contributed by atoms with Crippen LogP contribution in [-0.2, 0) is 5.41 Å². The van der Waals surface area contributed by atoms with Crippen LogP contribution in [0.5, 0.6) is 0 Å². The average Bonchev–Trinajstić information content (AvgIpc) is 3.70. The van der Waals surface area contributed by atoms with Crippen molar-refractivity contribution in [1.29, 1.82) is 0 Å². The average molecular weight is 680 g/mol. The SMILES string of the molecule is CC1(C)c2ccccc2-c2cc(N(c3ccc(-c4ccccc4)cc3)c3ccc(-c4cc(-c5ccccc5)c5oc6ccccc6c5c4)cc3)ccc21. The van der Waals surface area contributed by atoms with Crippen LogP contribution in [0.4, 0.5) is 17.1 Å². The largest absolute Gasteiger partial charge is 0.455 e. The zero-order chi connectivity index (χ0) is 35.5. The second kappa shape index (κ2) is 12.3. The van der Waals surface area contributed by atoms with E-state index in [1.54, 1.807) is 0 Å². The molecule has 0 spiro atoms. The van der Waals surface area contributed by atoms with Crippen LogP contribution in [0.15, 0.2) is 192 Å². The normalized spacial score (nSPS) is 12.9. The van der Waals surface area contributed by atoms with Gasteiger partial charge >= 0.3 is 0 Å². The third-order valence-corrected chi connectivity index (χ3v) is 11.1. The molecule has 2 heteroatoms. The number of hydrogen-bond donors (Lipinski definition) is 0. The monoisotopic (exact) mass is 679 g/mol. The highest BCUT2D eigenvalue weighted by molar-refractivity contribution is 6.11. The minimum atomic E-state index is -0.0473. The Labute approximate surface area is 310 Å². The maximum atomic E-state index is 6.47. The summed E-state index contributed by atoms with van der Waals surface area (Å²) in [5, 5.41) is 2.26. The van der Waals surface area contributed by atoms with Gasteiger partial charge in [0.05, 0.1) is 0 Å². The van der Waals surface area contributed by atoms with Crippen molar-refractivity contribution in [3.8, 4) is 44.5 Å². The van der Waals surface area contributed by atoms with Gasteiger partial charge in [0.2, 0.25) is 0 Å². The first-order chi connectivity index (χ1) is 26.0. The van der Waals surface area contributed by atoms with Gasteiger partial charge in [-0.15, -0.1) is 0 Å². The summed E-state index contributed by atoms with van der Waals surface area (Å²) in [4.78, 5) is 2.38. The maximum Gasteiger partial charge on any atom is 0.143 e. The summed E-state index contributed by atoms with van der Waals surface area (Å²) in [6.45, 7) is 4.67. The van der Waals surface area contributed by atoms with Gasteiger partial charge in [-0.1, -0.05) is 147 Å². The minimum Gasteiger partial charge on any atom is -0.455 e. The number of benzene rings is 8. The third-order valence-electron chi connectivity index (χ3n) is 11.1. The molecule has 1 heterocycles. The van der Waals surface area contributed by atoms with Gasteiger partial charge in [-0.05, 0) is 105 Å². The highest BCUT2D eigenvalue weighted by atomic mass is 16.3. The number of furan rings is 1. The molecule has 9 aromatic rings. The van der Waals surface area contributed by atoms with Gasteiger partial charge in [-0.3, -0.25) is 0 Å². The first-order valence-corrected chi connectivity index (χ1v) is 18.3. The van der Waals surface area contributed by atoms with Crippen LogP contribution in [0.25, 0.3) is 66.4 Å². The molecular weight excluding hydrogens is 643 g/mol. The Hall–Kier alpha value is -6.64. The van der Waals surface area contributed by atoms with Gasteiger partial charge in [0.1, 0.15) is 11.2 Å².